The van der Waals surface area contributed by atoms with E-state index >= 15 is 0 Å². The van der Waals surface area contributed by atoms with E-state index in [0.717, 1.165) is 11.3 Å². The van der Waals surface area contributed by atoms with E-state index in [1.165, 1.54) is 11.8 Å². The van der Waals surface area contributed by atoms with Gasteiger partial charge in [-0.3, -0.25) is 0 Å². The molecule has 6 heteroatoms. The Labute approximate surface area is 141 Å². The summed E-state index contributed by atoms with van der Waals surface area (Å²) in [5, 5.41) is 13.4. The van der Waals surface area contributed by atoms with Gasteiger partial charge < -0.3 is 10.2 Å². The molecule has 0 aliphatic heterocycles. The molecular formula is C17H19N5S. The van der Waals surface area contributed by atoms with Crippen LogP contribution in [-0.4, -0.2) is 35.2 Å². The molecule has 0 radical (unpaired) electrons. The van der Waals surface area contributed by atoms with Gasteiger partial charge in [0.25, 0.3) is 0 Å². The zero-order valence-corrected chi connectivity index (χ0v) is 14.5. The molecular weight excluding hydrogens is 306 g/mol. The van der Waals surface area contributed by atoms with Crippen LogP contribution in [-0.2, 0) is 0 Å². The van der Waals surface area contributed by atoms with Crippen LogP contribution in [0, 0.1) is 18.3 Å². The lowest BCUT2D eigenvalue weighted by molar-refractivity contribution is 0.567. The minimum Gasteiger partial charge on any atom is -0.383 e. The molecule has 0 bridgehead atoms. The summed E-state index contributed by atoms with van der Waals surface area (Å²) >= 11 is 1.45. The Kier molecular flexibility index (Phi) is 5.61. The number of hydrogen-bond acceptors (Lipinski definition) is 6. The first kappa shape index (κ1) is 16.8. The van der Waals surface area contributed by atoms with Crippen molar-refractivity contribution in [3.63, 3.8) is 0 Å². The van der Waals surface area contributed by atoms with Crippen LogP contribution in [0.15, 0.2) is 35.6 Å². The first-order valence-corrected chi connectivity index (χ1v) is 8.30. The van der Waals surface area contributed by atoms with Crippen molar-refractivity contribution in [1.29, 1.82) is 5.26 Å². The van der Waals surface area contributed by atoms with E-state index in [-0.39, 0.29) is 0 Å². The fraction of sp³-hybridized carbons (Fsp3) is 0.235. The second-order valence-electron chi connectivity index (χ2n) is 5.20. The van der Waals surface area contributed by atoms with E-state index in [1.54, 1.807) is 0 Å². The molecule has 0 saturated carbocycles. The van der Waals surface area contributed by atoms with Crippen molar-refractivity contribution >= 4 is 29.3 Å². The zero-order chi connectivity index (χ0) is 16.8. The predicted octanol–water partition coefficient (Wildman–Crippen LogP) is 3.65. The van der Waals surface area contributed by atoms with Gasteiger partial charge in [0.15, 0.2) is 11.0 Å². The number of rotatable bonds is 5. The molecule has 0 unspecified atom stereocenters. The highest BCUT2D eigenvalue weighted by Gasteiger charge is 2.13. The Morgan fingerprint density at radius 1 is 1.30 bits per heavy atom. The minimum absolute atomic E-state index is 0.433. The monoisotopic (exact) mass is 325 g/mol. The van der Waals surface area contributed by atoms with Crippen LogP contribution >= 0.6 is 11.8 Å². The minimum atomic E-state index is 0.433. The maximum Gasteiger partial charge on any atom is 0.189 e. The average molecular weight is 325 g/mol. The molecule has 0 spiro atoms. The molecule has 0 saturated heterocycles. The fourth-order valence-corrected chi connectivity index (χ4v) is 2.32. The summed E-state index contributed by atoms with van der Waals surface area (Å²) in [7, 11) is 3.84. The molecule has 5 nitrogen and oxygen atoms in total. The van der Waals surface area contributed by atoms with Gasteiger partial charge in [-0.1, -0.05) is 23.9 Å². The summed E-state index contributed by atoms with van der Waals surface area (Å²) in [5.41, 5.74) is 3.08. The van der Waals surface area contributed by atoms with E-state index in [4.69, 9.17) is 0 Å². The number of anilines is 2. The fourth-order valence-electron chi connectivity index (χ4n) is 1.95. The molecule has 1 aromatic heterocycles. The molecule has 2 aromatic rings. The van der Waals surface area contributed by atoms with Gasteiger partial charge in [0, 0.05) is 26.0 Å². The van der Waals surface area contributed by atoms with Crippen LogP contribution in [0.25, 0.3) is 6.08 Å². The van der Waals surface area contributed by atoms with E-state index in [1.807, 2.05) is 68.7 Å². The number of aryl methyl sites for hydroxylation is 1. The summed E-state index contributed by atoms with van der Waals surface area (Å²) in [4.78, 5) is 10.8. The number of nitriles is 1. The van der Waals surface area contributed by atoms with Gasteiger partial charge >= 0.3 is 0 Å². The van der Waals surface area contributed by atoms with Gasteiger partial charge in [0.05, 0.1) is 5.69 Å². The summed E-state index contributed by atoms with van der Waals surface area (Å²) in [5.74, 6) is 0.524. The largest absolute Gasteiger partial charge is 0.383 e. The van der Waals surface area contributed by atoms with Crippen molar-refractivity contribution in [2.75, 3.05) is 25.7 Å². The Hall–Kier alpha value is -2.52. The van der Waals surface area contributed by atoms with Gasteiger partial charge in [-0.05, 0) is 37.0 Å². The van der Waals surface area contributed by atoms with Crippen molar-refractivity contribution in [1.82, 2.24) is 14.9 Å². The first-order valence-electron chi connectivity index (χ1n) is 7.08. The molecule has 23 heavy (non-hydrogen) atoms. The number of aromatic nitrogens is 2. The van der Waals surface area contributed by atoms with Crippen molar-refractivity contribution in [2.24, 2.45) is 0 Å². The van der Waals surface area contributed by atoms with E-state index in [9.17, 15) is 5.26 Å². The SMILES string of the molecule is CSc1nc(C=CN(C)C)c(C#N)c(Nc2cccc(C)c2)n1. The third kappa shape index (κ3) is 4.47. The van der Waals surface area contributed by atoms with E-state index in [2.05, 4.69) is 21.4 Å². The van der Waals surface area contributed by atoms with Crippen LogP contribution in [0.2, 0.25) is 0 Å². The predicted molar refractivity (Wildman–Crippen MR) is 95.7 cm³/mol. The van der Waals surface area contributed by atoms with Crippen LogP contribution in [0.4, 0.5) is 11.5 Å². The van der Waals surface area contributed by atoms with Crippen LogP contribution in [0.3, 0.4) is 0 Å². The lowest BCUT2D eigenvalue weighted by Gasteiger charge is -2.11. The standard InChI is InChI=1S/C17H19N5S/c1-12-6-5-7-13(10-12)19-16-14(11-18)15(8-9-22(2)3)20-17(21-16)23-4/h5-10H,1-4H3,(H,19,20,21). The highest BCUT2D eigenvalue weighted by Crippen LogP contribution is 2.24. The van der Waals surface area contributed by atoms with Gasteiger partial charge in [-0.25, -0.2) is 9.97 Å². The Morgan fingerprint density at radius 2 is 2.09 bits per heavy atom. The van der Waals surface area contributed by atoms with E-state index in [0.29, 0.717) is 22.2 Å². The molecule has 0 atom stereocenters. The second-order valence-corrected chi connectivity index (χ2v) is 5.98. The Bertz CT molecular complexity index is 762. The van der Waals surface area contributed by atoms with Crippen molar-refractivity contribution < 1.29 is 0 Å². The molecule has 1 aromatic carbocycles. The molecule has 1 N–H and O–H groups in total. The lowest BCUT2D eigenvalue weighted by atomic mass is 10.2. The smallest absolute Gasteiger partial charge is 0.189 e. The van der Waals surface area contributed by atoms with Crippen LogP contribution < -0.4 is 5.32 Å². The first-order chi connectivity index (χ1) is 11.0. The number of thioether (sulfide) groups is 1. The highest BCUT2D eigenvalue weighted by molar-refractivity contribution is 7.98. The van der Waals surface area contributed by atoms with Gasteiger partial charge in [0.2, 0.25) is 0 Å². The number of nitrogens with zero attached hydrogens (tertiary/aromatic N) is 4. The quantitative estimate of drug-likeness (QED) is 0.668. The molecule has 0 fully saturated rings. The second kappa shape index (κ2) is 7.65. The van der Waals surface area contributed by atoms with Gasteiger partial charge in [-0.15, -0.1) is 0 Å². The van der Waals surface area contributed by atoms with Gasteiger partial charge in [-0.2, -0.15) is 5.26 Å². The topological polar surface area (TPSA) is 64.8 Å². The summed E-state index contributed by atoms with van der Waals surface area (Å²) in [6.45, 7) is 2.02. The maximum absolute atomic E-state index is 9.54. The summed E-state index contributed by atoms with van der Waals surface area (Å²) in [6, 6.07) is 10.2. The van der Waals surface area contributed by atoms with Crippen LogP contribution in [0.1, 0.15) is 16.8 Å². The number of benzene rings is 1. The highest BCUT2D eigenvalue weighted by atomic mass is 32.2. The van der Waals surface area contributed by atoms with E-state index < -0.39 is 0 Å². The van der Waals surface area contributed by atoms with Gasteiger partial charge in [0.1, 0.15) is 11.6 Å². The molecule has 0 aliphatic carbocycles. The number of nitrogens with one attached hydrogen (secondary N) is 1. The Morgan fingerprint density at radius 3 is 2.70 bits per heavy atom. The van der Waals surface area contributed by atoms with Crippen molar-refractivity contribution in [3.05, 3.63) is 47.3 Å². The molecule has 0 amide bonds. The molecule has 2 rings (SSSR count). The lowest BCUT2D eigenvalue weighted by Crippen LogP contribution is -2.05. The summed E-state index contributed by atoms with van der Waals surface area (Å²) < 4.78 is 0. The van der Waals surface area contributed by atoms with Crippen LogP contribution in [0.5, 0.6) is 0 Å². The normalized spacial score (nSPS) is 10.6. The van der Waals surface area contributed by atoms with Crippen molar-refractivity contribution in [3.8, 4) is 6.07 Å². The molecule has 0 aliphatic rings. The van der Waals surface area contributed by atoms with Crippen molar-refractivity contribution in [2.45, 2.75) is 12.1 Å². The maximum atomic E-state index is 9.54. The number of hydrogen-bond donors (Lipinski definition) is 1. The third-order valence-corrected chi connectivity index (χ3v) is 3.57. The average Bonchev–Trinajstić information content (AvgIpc) is 2.52. The zero-order valence-electron chi connectivity index (χ0n) is 13.7. The molecule has 118 valence electrons. The molecule has 1 heterocycles. The third-order valence-electron chi connectivity index (χ3n) is 3.02. The Balaban J connectivity index is 2.49. The summed E-state index contributed by atoms with van der Waals surface area (Å²) in [6.07, 6.45) is 5.60.